The van der Waals surface area contributed by atoms with Crippen LogP contribution in [-0.4, -0.2) is 58.3 Å². The van der Waals surface area contributed by atoms with E-state index in [-0.39, 0.29) is 24.0 Å². The average Bonchev–Trinajstić information content (AvgIpc) is 3.29. The Morgan fingerprint density at radius 3 is 2.74 bits per heavy atom. The second kappa shape index (κ2) is 13.8. The van der Waals surface area contributed by atoms with Crippen LogP contribution in [0, 0.1) is 5.92 Å². The lowest BCUT2D eigenvalue weighted by molar-refractivity contribution is 0.169. The number of hydrogen-bond acceptors (Lipinski definition) is 5. The Labute approximate surface area is 207 Å². The van der Waals surface area contributed by atoms with E-state index in [1.165, 1.54) is 29.8 Å². The van der Waals surface area contributed by atoms with Crippen LogP contribution >= 0.6 is 35.3 Å². The topological polar surface area (TPSA) is 58.1 Å². The Bertz CT molecular complexity index is 801. The van der Waals surface area contributed by atoms with Crippen molar-refractivity contribution in [3.63, 3.8) is 0 Å². The standard InChI is InChI=1S/C23H34N4O2S.HI/c1-24-23(25-11-10-18-8-9-21(28-2)22(14-18)29-3)26-15-19-6-4-12-27(16-19)17-20-7-5-13-30-20;/h5,7-9,13-14,19H,4,6,10-12,15-17H2,1-3H3,(H2,24,25,26);1H. The molecule has 8 heteroatoms. The number of guanidine groups is 1. The molecule has 172 valence electrons. The highest BCUT2D eigenvalue weighted by atomic mass is 127. The van der Waals surface area contributed by atoms with Gasteiger partial charge in [-0.15, -0.1) is 35.3 Å². The first-order valence-corrected chi connectivity index (χ1v) is 11.5. The first-order valence-electron chi connectivity index (χ1n) is 10.6. The highest BCUT2D eigenvalue weighted by molar-refractivity contribution is 14.0. The zero-order valence-electron chi connectivity index (χ0n) is 18.7. The largest absolute Gasteiger partial charge is 0.493 e. The van der Waals surface area contributed by atoms with Crippen LogP contribution in [0.3, 0.4) is 0 Å². The normalized spacial score (nSPS) is 17.0. The molecule has 1 aromatic heterocycles. The van der Waals surface area contributed by atoms with Gasteiger partial charge in [-0.25, -0.2) is 0 Å². The van der Waals surface area contributed by atoms with Crippen molar-refractivity contribution in [2.24, 2.45) is 10.9 Å². The minimum Gasteiger partial charge on any atom is -0.493 e. The number of methoxy groups -OCH3 is 2. The summed E-state index contributed by atoms with van der Waals surface area (Å²) in [4.78, 5) is 8.42. The number of piperidine rings is 1. The van der Waals surface area contributed by atoms with Crippen LogP contribution in [0.2, 0.25) is 0 Å². The van der Waals surface area contributed by atoms with Crippen LogP contribution in [0.1, 0.15) is 23.3 Å². The Morgan fingerprint density at radius 2 is 2.03 bits per heavy atom. The molecule has 0 bridgehead atoms. The molecule has 31 heavy (non-hydrogen) atoms. The monoisotopic (exact) mass is 558 g/mol. The Hall–Kier alpha value is -1.52. The third kappa shape index (κ3) is 8.16. The van der Waals surface area contributed by atoms with Gasteiger partial charge in [0.25, 0.3) is 0 Å². The van der Waals surface area contributed by atoms with Crippen molar-refractivity contribution in [1.82, 2.24) is 15.5 Å². The predicted molar refractivity (Wildman–Crippen MR) is 140 cm³/mol. The van der Waals surface area contributed by atoms with E-state index in [9.17, 15) is 0 Å². The van der Waals surface area contributed by atoms with E-state index in [0.29, 0.717) is 5.92 Å². The number of halogens is 1. The van der Waals surface area contributed by atoms with Crippen LogP contribution in [-0.2, 0) is 13.0 Å². The third-order valence-electron chi connectivity index (χ3n) is 5.50. The van der Waals surface area contributed by atoms with Gasteiger partial charge in [0.15, 0.2) is 17.5 Å². The lowest BCUT2D eigenvalue weighted by Gasteiger charge is -2.32. The van der Waals surface area contributed by atoms with Gasteiger partial charge < -0.3 is 20.1 Å². The number of nitrogens with one attached hydrogen (secondary N) is 2. The smallest absolute Gasteiger partial charge is 0.190 e. The molecule has 0 aliphatic carbocycles. The van der Waals surface area contributed by atoms with Gasteiger partial charge in [0, 0.05) is 38.1 Å². The fourth-order valence-corrected chi connectivity index (χ4v) is 4.65. The minimum absolute atomic E-state index is 0. The quantitative estimate of drug-likeness (QED) is 0.277. The number of thiophene rings is 1. The van der Waals surface area contributed by atoms with E-state index < -0.39 is 0 Å². The van der Waals surface area contributed by atoms with E-state index in [4.69, 9.17) is 9.47 Å². The van der Waals surface area contributed by atoms with Gasteiger partial charge in [-0.1, -0.05) is 12.1 Å². The maximum absolute atomic E-state index is 5.39. The molecular formula is C23H35IN4O2S. The van der Waals surface area contributed by atoms with E-state index in [1.54, 1.807) is 14.2 Å². The van der Waals surface area contributed by atoms with Gasteiger partial charge in [0.05, 0.1) is 14.2 Å². The lowest BCUT2D eigenvalue weighted by Crippen LogP contribution is -2.44. The fraction of sp³-hybridized carbons (Fsp3) is 0.522. The predicted octanol–water partition coefficient (Wildman–Crippen LogP) is 4.00. The summed E-state index contributed by atoms with van der Waals surface area (Å²) >= 11 is 1.85. The molecule has 6 nitrogen and oxygen atoms in total. The SMILES string of the molecule is CN=C(NCCc1ccc(OC)c(OC)c1)NCC1CCCN(Cc2cccs2)C1.I. The summed E-state index contributed by atoms with van der Waals surface area (Å²) in [5.74, 6) is 3.04. The molecule has 1 saturated heterocycles. The number of likely N-dealkylation sites (tertiary alicyclic amines) is 1. The summed E-state index contributed by atoms with van der Waals surface area (Å²) in [5, 5.41) is 9.10. The minimum atomic E-state index is 0. The molecule has 2 N–H and O–H groups in total. The van der Waals surface area contributed by atoms with Gasteiger partial charge in [0.1, 0.15) is 0 Å². The maximum Gasteiger partial charge on any atom is 0.190 e. The molecule has 1 aliphatic heterocycles. The summed E-state index contributed by atoms with van der Waals surface area (Å²) < 4.78 is 10.7. The molecule has 0 radical (unpaired) electrons. The zero-order valence-corrected chi connectivity index (χ0v) is 21.9. The van der Waals surface area contributed by atoms with Crippen LogP contribution < -0.4 is 20.1 Å². The van der Waals surface area contributed by atoms with Gasteiger partial charge in [-0.05, 0) is 60.9 Å². The highest BCUT2D eigenvalue weighted by Crippen LogP contribution is 2.27. The number of hydrogen-bond donors (Lipinski definition) is 2. The second-order valence-corrected chi connectivity index (χ2v) is 8.67. The van der Waals surface area contributed by atoms with Crippen LogP contribution in [0.15, 0.2) is 40.7 Å². The van der Waals surface area contributed by atoms with Gasteiger partial charge >= 0.3 is 0 Å². The van der Waals surface area contributed by atoms with Gasteiger partial charge in [-0.3, -0.25) is 9.89 Å². The van der Waals surface area contributed by atoms with E-state index in [0.717, 1.165) is 50.1 Å². The van der Waals surface area contributed by atoms with E-state index in [2.05, 4.69) is 44.1 Å². The summed E-state index contributed by atoms with van der Waals surface area (Å²) in [6, 6.07) is 10.4. The number of rotatable bonds is 9. The van der Waals surface area contributed by atoms with Crippen molar-refractivity contribution in [2.45, 2.75) is 25.8 Å². The van der Waals surface area contributed by atoms with Crippen molar-refractivity contribution in [1.29, 1.82) is 0 Å². The molecule has 0 amide bonds. The molecule has 0 saturated carbocycles. The first kappa shape index (κ1) is 25.7. The Kier molecular flexibility index (Phi) is 11.5. The molecule has 1 fully saturated rings. The molecule has 2 heterocycles. The van der Waals surface area contributed by atoms with Crippen LogP contribution in [0.4, 0.5) is 0 Å². The molecule has 1 aromatic carbocycles. The summed E-state index contributed by atoms with van der Waals surface area (Å²) in [6.45, 7) is 5.19. The summed E-state index contributed by atoms with van der Waals surface area (Å²) in [7, 11) is 5.15. The number of ether oxygens (including phenoxy) is 2. The van der Waals surface area contributed by atoms with Crippen LogP contribution in [0.25, 0.3) is 0 Å². The maximum atomic E-state index is 5.39. The second-order valence-electron chi connectivity index (χ2n) is 7.64. The first-order chi connectivity index (χ1) is 14.7. The zero-order chi connectivity index (χ0) is 21.2. The number of benzene rings is 1. The third-order valence-corrected chi connectivity index (χ3v) is 6.36. The summed E-state index contributed by atoms with van der Waals surface area (Å²) in [6.07, 6.45) is 3.43. The van der Waals surface area contributed by atoms with Crippen molar-refractivity contribution >= 4 is 41.3 Å². The van der Waals surface area contributed by atoms with Gasteiger partial charge in [-0.2, -0.15) is 0 Å². The molecule has 0 spiro atoms. The molecule has 1 aliphatic rings. The fourth-order valence-electron chi connectivity index (χ4n) is 3.91. The molecule has 1 atom stereocenters. The van der Waals surface area contributed by atoms with Crippen LogP contribution in [0.5, 0.6) is 11.5 Å². The van der Waals surface area contributed by atoms with Crippen molar-refractivity contribution in [3.05, 3.63) is 46.2 Å². The molecular weight excluding hydrogens is 523 g/mol. The Balaban J connectivity index is 0.00000341. The van der Waals surface area contributed by atoms with Crippen molar-refractivity contribution in [2.75, 3.05) is 47.4 Å². The van der Waals surface area contributed by atoms with Gasteiger partial charge in [0.2, 0.25) is 0 Å². The highest BCUT2D eigenvalue weighted by Gasteiger charge is 2.20. The Morgan fingerprint density at radius 1 is 1.19 bits per heavy atom. The number of aliphatic imine (C=N–C) groups is 1. The number of nitrogens with zero attached hydrogens (tertiary/aromatic N) is 2. The summed E-state index contributed by atoms with van der Waals surface area (Å²) in [5.41, 5.74) is 1.20. The van der Waals surface area contributed by atoms with Crippen molar-refractivity contribution in [3.8, 4) is 11.5 Å². The molecule has 3 rings (SSSR count). The average molecular weight is 559 g/mol. The lowest BCUT2D eigenvalue weighted by atomic mass is 9.98. The molecule has 1 unspecified atom stereocenters. The molecule has 2 aromatic rings. The van der Waals surface area contributed by atoms with E-state index >= 15 is 0 Å². The van der Waals surface area contributed by atoms with E-state index in [1.807, 2.05) is 30.5 Å². The van der Waals surface area contributed by atoms with Crippen molar-refractivity contribution < 1.29 is 9.47 Å².